The number of hydrogen-bond donors (Lipinski definition) is 0. The lowest BCUT2D eigenvalue weighted by Crippen LogP contribution is -2.47. The van der Waals surface area contributed by atoms with Gasteiger partial charge in [-0.05, 0) is 51.7 Å². The number of carbonyl (C=O) groups is 1. The number of nitrogens with zero attached hydrogens (tertiary/aromatic N) is 2. The molecule has 2 rings (SSSR count). The van der Waals surface area contributed by atoms with Crippen LogP contribution in [0.25, 0.3) is 0 Å². The van der Waals surface area contributed by atoms with Crippen LogP contribution in [0.5, 0.6) is 0 Å². The van der Waals surface area contributed by atoms with Gasteiger partial charge in [0, 0.05) is 18.5 Å². The average Bonchev–Trinajstić information content (AvgIpc) is 3.04. The van der Waals surface area contributed by atoms with Gasteiger partial charge in [0.05, 0.1) is 0 Å². The fourth-order valence-corrected chi connectivity index (χ4v) is 2.79. The Balaban J connectivity index is 1.94. The number of carbonyl (C=O) groups excluding carboxylic acids is 1. The zero-order valence-electron chi connectivity index (χ0n) is 11.5. The number of likely N-dealkylation sites (tertiary alicyclic amines) is 1. The van der Waals surface area contributed by atoms with Crippen molar-refractivity contribution in [2.24, 2.45) is 5.92 Å². The molecule has 0 aromatic carbocycles. The first-order valence-electron chi connectivity index (χ1n) is 7.07. The molecule has 2 aliphatic rings. The van der Waals surface area contributed by atoms with Crippen molar-refractivity contribution >= 4 is 5.91 Å². The summed E-state index contributed by atoms with van der Waals surface area (Å²) in [6.45, 7) is 6.56. The van der Waals surface area contributed by atoms with E-state index >= 15 is 0 Å². The van der Waals surface area contributed by atoms with Gasteiger partial charge in [-0.3, -0.25) is 4.79 Å². The molecule has 0 spiro atoms. The molecule has 98 valence electrons. The van der Waals surface area contributed by atoms with Gasteiger partial charge in [0.15, 0.2) is 0 Å². The van der Waals surface area contributed by atoms with E-state index in [4.69, 9.17) is 0 Å². The molecule has 3 heteroatoms. The second-order valence-electron chi connectivity index (χ2n) is 6.16. The first-order chi connectivity index (χ1) is 8.08. The molecule has 1 aliphatic heterocycles. The van der Waals surface area contributed by atoms with Gasteiger partial charge in [-0.1, -0.05) is 13.8 Å². The molecule has 0 atom stereocenters. The Morgan fingerprint density at radius 3 is 2.18 bits per heavy atom. The third-order valence-electron chi connectivity index (χ3n) is 3.89. The van der Waals surface area contributed by atoms with Gasteiger partial charge in [0.25, 0.3) is 0 Å². The van der Waals surface area contributed by atoms with Crippen molar-refractivity contribution in [3.63, 3.8) is 0 Å². The summed E-state index contributed by atoms with van der Waals surface area (Å²) in [4.78, 5) is 16.9. The largest absolute Gasteiger partial charge is 0.337 e. The zero-order chi connectivity index (χ0) is 12.4. The quantitative estimate of drug-likeness (QED) is 0.749. The van der Waals surface area contributed by atoms with Crippen LogP contribution in [0.4, 0.5) is 0 Å². The molecule has 1 heterocycles. The van der Waals surface area contributed by atoms with Gasteiger partial charge < -0.3 is 9.80 Å². The molecule has 1 amide bonds. The van der Waals surface area contributed by atoms with E-state index in [0.717, 1.165) is 32.4 Å². The fourth-order valence-electron chi connectivity index (χ4n) is 2.79. The fraction of sp³-hybridized carbons (Fsp3) is 0.929. The molecule has 0 radical (unpaired) electrons. The molecular formula is C14H26N2O. The summed E-state index contributed by atoms with van der Waals surface area (Å²) in [6, 6.07) is 1.10. The summed E-state index contributed by atoms with van der Waals surface area (Å²) in [5.74, 6) is 0.882. The SMILES string of the molecule is CC(C)CC(=O)N(C1CC1)C1CCN(C)CC1. The lowest BCUT2D eigenvalue weighted by molar-refractivity contribution is -0.136. The Morgan fingerprint density at radius 1 is 1.18 bits per heavy atom. The monoisotopic (exact) mass is 238 g/mol. The molecule has 0 N–H and O–H groups in total. The highest BCUT2D eigenvalue weighted by molar-refractivity contribution is 5.77. The molecule has 17 heavy (non-hydrogen) atoms. The molecule has 2 fully saturated rings. The second-order valence-corrected chi connectivity index (χ2v) is 6.16. The molecule has 3 nitrogen and oxygen atoms in total. The maximum Gasteiger partial charge on any atom is 0.223 e. The van der Waals surface area contributed by atoms with Crippen LogP contribution < -0.4 is 0 Å². The molecule has 1 aliphatic carbocycles. The Labute approximate surface area is 105 Å². The Morgan fingerprint density at radius 2 is 1.71 bits per heavy atom. The first-order valence-corrected chi connectivity index (χ1v) is 7.07. The highest BCUT2D eigenvalue weighted by Gasteiger charge is 2.37. The number of amides is 1. The Hall–Kier alpha value is -0.570. The molecule has 1 saturated carbocycles. The van der Waals surface area contributed by atoms with Crippen molar-refractivity contribution in [1.29, 1.82) is 0 Å². The zero-order valence-corrected chi connectivity index (χ0v) is 11.5. The van der Waals surface area contributed by atoms with Crippen molar-refractivity contribution in [2.75, 3.05) is 20.1 Å². The van der Waals surface area contributed by atoms with E-state index in [-0.39, 0.29) is 0 Å². The summed E-state index contributed by atoms with van der Waals surface area (Å²) in [6.07, 6.45) is 5.52. The first kappa shape index (κ1) is 12.9. The Kier molecular flexibility index (Phi) is 4.08. The minimum absolute atomic E-state index is 0.400. The van der Waals surface area contributed by atoms with Gasteiger partial charge in [-0.2, -0.15) is 0 Å². The van der Waals surface area contributed by atoms with Crippen LogP contribution >= 0.6 is 0 Å². The highest BCUT2D eigenvalue weighted by Crippen LogP contribution is 2.32. The van der Waals surface area contributed by atoms with Crippen LogP contribution in [0.1, 0.15) is 46.0 Å². The number of piperidine rings is 1. The van der Waals surface area contributed by atoms with Gasteiger partial charge in [-0.15, -0.1) is 0 Å². The van der Waals surface area contributed by atoms with E-state index in [2.05, 4.69) is 30.7 Å². The minimum atomic E-state index is 0.400. The van der Waals surface area contributed by atoms with Crippen molar-refractivity contribution in [1.82, 2.24) is 9.80 Å². The Bertz CT molecular complexity index is 265. The van der Waals surface area contributed by atoms with E-state index in [1.54, 1.807) is 0 Å². The van der Waals surface area contributed by atoms with E-state index in [9.17, 15) is 4.79 Å². The van der Waals surface area contributed by atoms with Crippen LogP contribution in [0.15, 0.2) is 0 Å². The minimum Gasteiger partial charge on any atom is -0.337 e. The van der Waals surface area contributed by atoms with Crippen LogP contribution in [-0.4, -0.2) is 47.9 Å². The summed E-state index contributed by atoms with van der Waals surface area (Å²) >= 11 is 0. The van der Waals surface area contributed by atoms with E-state index in [0.29, 0.717) is 23.9 Å². The summed E-state index contributed by atoms with van der Waals surface area (Å²) < 4.78 is 0. The molecular weight excluding hydrogens is 212 g/mol. The van der Waals surface area contributed by atoms with Crippen molar-refractivity contribution in [2.45, 2.75) is 58.0 Å². The predicted molar refractivity (Wildman–Crippen MR) is 69.8 cm³/mol. The lowest BCUT2D eigenvalue weighted by atomic mass is 10.0. The molecule has 0 aromatic rings. The van der Waals surface area contributed by atoms with Crippen LogP contribution in [0.2, 0.25) is 0 Å². The standard InChI is InChI=1S/C14H26N2O/c1-11(2)10-14(17)16(12-4-5-12)13-6-8-15(3)9-7-13/h11-13H,4-10H2,1-3H3. The topological polar surface area (TPSA) is 23.6 Å². The maximum atomic E-state index is 12.3. The van der Waals surface area contributed by atoms with Crippen LogP contribution in [0, 0.1) is 5.92 Å². The van der Waals surface area contributed by atoms with Gasteiger partial charge in [0.1, 0.15) is 0 Å². The predicted octanol–water partition coefficient (Wildman–Crippen LogP) is 2.12. The van der Waals surface area contributed by atoms with Crippen molar-refractivity contribution in [3.05, 3.63) is 0 Å². The number of rotatable bonds is 4. The smallest absolute Gasteiger partial charge is 0.223 e. The van der Waals surface area contributed by atoms with Gasteiger partial charge in [0.2, 0.25) is 5.91 Å². The van der Waals surface area contributed by atoms with Crippen molar-refractivity contribution < 1.29 is 4.79 Å². The van der Waals surface area contributed by atoms with E-state index < -0.39 is 0 Å². The second kappa shape index (κ2) is 5.38. The molecule has 0 bridgehead atoms. The van der Waals surface area contributed by atoms with Gasteiger partial charge in [-0.25, -0.2) is 0 Å². The highest BCUT2D eigenvalue weighted by atomic mass is 16.2. The summed E-state index contributed by atoms with van der Waals surface area (Å²) in [5.41, 5.74) is 0. The van der Waals surface area contributed by atoms with Crippen molar-refractivity contribution in [3.8, 4) is 0 Å². The molecule has 0 aromatic heterocycles. The number of hydrogen-bond acceptors (Lipinski definition) is 2. The summed E-state index contributed by atoms with van der Waals surface area (Å²) in [5, 5.41) is 0. The molecule has 0 unspecified atom stereocenters. The normalized spacial score (nSPS) is 23.1. The third kappa shape index (κ3) is 3.44. The average molecular weight is 238 g/mol. The van der Waals surface area contributed by atoms with Crippen LogP contribution in [-0.2, 0) is 4.79 Å². The van der Waals surface area contributed by atoms with E-state index in [1.165, 1.54) is 12.8 Å². The van der Waals surface area contributed by atoms with Gasteiger partial charge >= 0.3 is 0 Å². The maximum absolute atomic E-state index is 12.3. The lowest BCUT2D eigenvalue weighted by Gasteiger charge is -2.38. The third-order valence-corrected chi connectivity index (χ3v) is 3.89. The van der Waals surface area contributed by atoms with Crippen LogP contribution in [0.3, 0.4) is 0 Å². The van der Waals surface area contributed by atoms with E-state index in [1.807, 2.05) is 0 Å². The summed E-state index contributed by atoms with van der Waals surface area (Å²) in [7, 11) is 2.17. The molecule has 1 saturated heterocycles.